The van der Waals surface area contributed by atoms with E-state index < -0.39 is 11.9 Å². The maximum atomic E-state index is 11.8. The molecule has 0 aromatic rings. The van der Waals surface area contributed by atoms with Gasteiger partial charge in [0, 0.05) is 12.6 Å². The summed E-state index contributed by atoms with van der Waals surface area (Å²) in [6, 6.07) is -0.399. The molecule has 1 fully saturated rings. The number of nitrogens with zero attached hydrogens (tertiary/aromatic N) is 1. The fraction of sp³-hybridized carbons (Fsp3) is 0.643. The molecule has 0 bridgehead atoms. The first-order chi connectivity index (χ1) is 9.33. The van der Waals surface area contributed by atoms with Crippen molar-refractivity contribution in [2.24, 2.45) is 5.73 Å². The van der Waals surface area contributed by atoms with Gasteiger partial charge >= 0.3 is 0 Å². The molecule has 0 aromatic heterocycles. The normalized spacial score (nSPS) is 18.2. The van der Waals surface area contributed by atoms with Crippen LogP contribution in [0.15, 0.2) is 11.8 Å². The van der Waals surface area contributed by atoms with Crippen LogP contribution < -0.4 is 5.73 Å². The van der Waals surface area contributed by atoms with E-state index >= 15 is 0 Å². The molecule has 1 atom stereocenters. The number of carbonyl (C=O) groups is 3. The van der Waals surface area contributed by atoms with E-state index in [1.165, 1.54) is 18.2 Å². The summed E-state index contributed by atoms with van der Waals surface area (Å²) < 4.78 is 0. The summed E-state index contributed by atoms with van der Waals surface area (Å²) in [4.78, 5) is 35.0. The minimum atomic E-state index is -0.806. The second-order valence-corrected chi connectivity index (χ2v) is 4.78. The molecule has 0 aliphatic carbocycles. The second-order valence-electron chi connectivity index (χ2n) is 4.78. The van der Waals surface area contributed by atoms with Crippen molar-refractivity contribution in [1.29, 1.82) is 0 Å². The lowest BCUT2D eigenvalue weighted by molar-refractivity contribution is -0.136. The number of amides is 2. The quantitative estimate of drug-likeness (QED) is 0.600. The molecule has 3 N–H and O–H groups in total. The summed E-state index contributed by atoms with van der Waals surface area (Å²) in [5.41, 5.74) is 4.84. The molecule has 20 heavy (non-hydrogen) atoms. The zero-order valence-electron chi connectivity index (χ0n) is 12.4. The van der Waals surface area contributed by atoms with Gasteiger partial charge in [0.1, 0.15) is 5.76 Å². The first-order valence-corrected chi connectivity index (χ1v) is 6.82. The highest BCUT2D eigenvalue weighted by atomic mass is 16.3. The Morgan fingerprint density at radius 2 is 1.90 bits per heavy atom. The van der Waals surface area contributed by atoms with Crippen molar-refractivity contribution in [1.82, 2.24) is 4.90 Å². The van der Waals surface area contributed by atoms with Gasteiger partial charge in [-0.25, -0.2) is 0 Å². The van der Waals surface area contributed by atoms with Crippen molar-refractivity contribution < 1.29 is 19.5 Å². The van der Waals surface area contributed by atoms with Crippen molar-refractivity contribution >= 4 is 17.6 Å². The van der Waals surface area contributed by atoms with Gasteiger partial charge in [-0.1, -0.05) is 20.3 Å². The van der Waals surface area contributed by atoms with Crippen LogP contribution in [-0.4, -0.2) is 40.2 Å². The van der Waals surface area contributed by atoms with Crippen LogP contribution in [0.5, 0.6) is 0 Å². The monoisotopic (exact) mass is 284 g/mol. The van der Waals surface area contributed by atoms with Crippen LogP contribution in [0.2, 0.25) is 0 Å². The van der Waals surface area contributed by atoms with Gasteiger partial charge in [-0.2, -0.15) is 0 Å². The lowest BCUT2D eigenvalue weighted by atomic mass is 10.1. The Labute approximate surface area is 119 Å². The second kappa shape index (κ2) is 9.12. The van der Waals surface area contributed by atoms with Crippen LogP contribution in [0.4, 0.5) is 0 Å². The third-order valence-corrected chi connectivity index (χ3v) is 2.68. The van der Waals surface area contributed by atoms with Crippen LogP contribution in [0, 0.1) is 0 Å². The molecule has 114 valence electrons. The predicted octanol–water partition coefficient (Wildman–Crippen LogP) is 1.30. The molecule has 6 heteroatoms. The minimum Gasteiger partial charge on any atom is -0.512 e. The third-order valence-electron chi connectivity index (χ3n) is 2.68. The maximum absolute atomic E-state index is 11.8. The average Bonchev–Trinajstić information content (AvgIpc) is 2.77. The molecule has 1 saturated heterocycles. The van der Waals surface area contributed by atoms with Crippen LogP contribution >= 0.6 is 0 Å². The molecule has 1 aliphatic heterocycles. The van der Waals surface area contributed by atoms with E-state index in [-0.39, 0.29) is 23.9 Å². The van der Waals surface area contributed by atoms with Crippen molar-refractivity contribution in [2.45, 2.75) is 52.5 Å². The number of rotatable bonds is 4. The lowest BCUT2D eigenvalue weighted by Gasteiger charge is -2.22. The largest absolute Gasteiger partial charge is 0.512 e. The van der Waals surface area contributed by atoms with Crippen molar-refractivity contribution in [3.8, 4) is 0 Å². The van der Waals surface area contributed by atoms with Crippen LogP contribution in [0.3, 0.4) is 0 Å². The smallest absolute Gasteiger partial charge is 0.244 e. The molecule has 0 spiro atoms. The zero-order valence-corrected chi connectivity index (χ0v) is 12.4. The number of likely N-dealkylation sites (tertiary alicyclic amines) is 1. The van der Waals surface area contributed by atoms with E-state index in [0.717, 1.165) is 12.5 Å². The predicted molar refractivity (Wildman–Crippen MR) is 75.9 cm³/mol. The van der Waals surface area contributed by atoms with E-state index in [1.807, 2.05) is 0 Å². The molecule has 6 nitrogen and oxygen atoms in total. The number of primary amides is 1. The van der Waals surface area contributed by atoms with E-state index in [0.29, 0.717) is 13.0 Å². The van der Waals surface area contributed by atoms with Crippen molar-refractivity contribution in [3.05, 3.63) is 11.8 Å². The molecule has 0 saturated carbocycles. The van der Waals surface area contributed by atoms with E-state index in [1.54, 1.807) is 0 Å². The summed E-state index contributed by atoms with van der Waals surface area (Å²) in [7, 11) is 0. The number of ketones is 1. The van der Waals surface area contributed by atoms with Gasteiger partial charge in [0.05, 0.1) is 12.5 Å². The Balaban J connectivity index is 0.00000110. The minimum absolute atomic E-state index is 0.0609. The van der Waals surface area contributed by atoms with Crippen LogP contribution in [0.25, 0.3) is 0 Å². The summed E-state index contributed by atoms with van der Waals surface area (Å²) in [5.74, 6) is -1.61. The summed E-state index contributed by atoms with van der Waals surface area (Å²) in [6.45, 7) is 6.20. The maximum Gasteiger partial charge on any atom is 0.244 e. The Bertz CT molecular complexity index is 391. The zero-order chi connectivity index (χ0) is 15.7. The lowest BCUT2D eigenvalue weighted by Crippen LogP contribution is -2.39. The number of aliphatic hydroxyl groups excluding tert-OH is 1. The van der Waals surface area contributed by atoms with Gasteiger partial charge in [0.15, 0.2) is 5.78 Å². The number of Topliss-reactive ketones (excluding diaryl/α,β-unsaturated/α-hetero) is 1. The van der Waals surface area contributed by atoms with Crippen molar-refractivity contribution in [3.63, 3.8) is 0 Å². The summed E-state index contributed by atoms with van der Waals surface area (Å²) in [5, 5.41) is 9.30. The van der Waals surface area contributed by atoms with Gasteiger partial charge in [-0.05, 0) is 19.8 Å². The first-order valence-electron chi connectivity index (χ1n) is 6.82. The number of carbonyl (C=O) groups excluding carboxylic acids is 3. The molecular weight excluding hydrogens is 260 g/mol. The van der Waals surface area contributed by atoms with Gasteiger partial charge < -0.3 is 15.7 Å². The third kappa shape index (κ3) is 6.36. The fourth-order valence-electron chi connectivity index (χ4n) is 1.96. The Morgan fingerprint density at radius 1 is 1.35 bits per heavy atom. The molecule has 0 aromatic carbocycles. The standard InChI is InChI=1S/C11H16N2O4.C3H8/c1-7(14)9-3-2-4-13(9)11(17)6-8(15)5-10(12)16;1-3-2/h5,9,15H,2-4,6H2,1H3,(H2,12,16);3H2,1-2H3/b8-5-;/t9-;/m0./s1. The highest BCUT2D eigenvalue weighted by Gasteiger charge is 2.31. The van der Waals surface area contributed by atoms with Gasteiger partial charge in [-0.15, -0.1) is 0 Å². The Morgan fingerprint density at radius 3 is 2.35 bits per heavy atom. The van der Waals surface area contributed by atoms with Gasteiger partial charge in [-0.3, -0.25) is 14.4 Å². The Hall–Kier alpha value is -1.85. The summed E-state index contributed by atoms with van der Waals surface area (Å²) >= 11 is 0. The highest BCUT2D eigenvalue weighted by Crippen LogP contribution is 2.19. The topological polar surface area (TPSA) is 101 Å². The molecule has 0 unspecified atom stereocenters. The molecular formula is C14H24N2O4. The van der Waals surface area contributed by atoms with E-state index in [9.17, 15) is 19.5 Å². The van der Waals surface area contributed by atoms with Gasteiger partial charge in [0.2, 0.25) is 11.8 Å². The van der Waals surface area contributed by atoms with E-state index in [4.69, 9.17) is 5.73 Å². The number of hydrogen-bond donors (Lipinski definition) is 2. The number of aliphatic hydroxyl groups is 1. The highest BCUT2D eigenvalue weighted by molar-refractivity contribution is 5.90. The summed E-state index contributed by atoms with van der Waals surface area (Å²) in [6.07, 6.45) is 3.18. The van der Waals surface area contributed by atoms with Crippen LogP contribution in [0.1, 0.15) is 46.5 Å². The average molecular weight is 284 g/mol. The van der Waals surface area contributed by atoms with Crippen molar-refractivity contribution in [2.75, 3.05) is 6.54 Å². The molecule has 0 radical (unpaired) electrons. The molecule has 2 amide bonds. The number of nitrogens with two attached hydrogens (primary N) is 1. The Kier molecular flexibility index (Phi) is 8.27. The van der Waals surface area contributed by atoms with Crippen LogP contribution in [-0.2, 0) is 14.4 Å². The molecule has 1 heterocycles. The number of hydrogen-bond acceptors (Lipinski definition) is 4. The fourth-order valence-corrected chi connectivity index (χ4v) is 1.96. The first kappa shape index (κ1) is 18.1. The molecule has 1 rings (SSSR count). The molecule has 1 aliphatic rings. The van der Waals surface area contributed by atoms with Gasteiger partial charge in [0.25, 0.3) is 0 Å². The van der Waals surface area contributed by atoms with E-state index in [2.05, 4.69) is 13.8 Å². The SMILES string of the molecule is CC(=O)[C@@H]1CCCN1C(=O)C/C(O)=C/C(N)=O.CCC.